The molecular weight excluding hydrogens is 386 g/mol. The Morgan fingerprint density at radius 2 is 1.80 bits per heavy atom. The van der Waals surface area contributed by atoms with Gasteiger partial charge in [0.05, 0.1) is 0 Å². The number of hydrogen-bond acceptors (Lipinski definition) is 5. The fourth-order valence-corrected chi connectivity index (χ4v) is 3.08. The number of piperidine rings is 1. The number of benzene rings is 1. The molecule has 0 bridgehead atoms. The van der Waals surface area contributed by atoms with Crippen LogP contribution in [0.15, 0.2) is 47.2 Å². The van der Waals surface area contributed by atoms with E-state index in [0.717, 1.165) is 30.4 Å². The van der Waals surface area contributed by atoms with Crippen molar-refractivity contribution in [3.05, 3.63) is 47.2 Å². The highest BCUT2D eigenvalue weighted by Crippen LogP contribution is 2.16. The summed E-state index contributed by atoms with van der Waals surface area (Å²) >= 11 is 3.33. The van der Waals surface area contributed by atoms with Crippen LogP contribution in [0.25, 0.3) is 0 Å². The summed E-state index contributed by atoms with van der Waals surface area (Å²) < 4.78 is 0.834. The van der Waals surface area contributed by atoms with Crippen molar-refractivity contribution in [3.8, 4) is 0 Å². The molecule has 130 valence electrons. The molecule has 1 aliphatic heterocycles. The summed E-state index contributed by atoms with van der Waals surface area (Å²) in [5.74, 6) is -0.582. The minimum atomic E-state index is -0.660. The van der Waals surface area contributed by atoms with Gasteiger partial charge in [-0.3, -0.25) is 9.59 Å². The maximum absolute atomic E-state index is 12.1. The van der Waals surface area contributed by atoms with E-state index in [4.69, 9.17) is 0 Å². The predicted molar refractivity (Wildman–Crippen MR) is 98.2 cm³/mol. The highest BCUT2D eigenvalue weighted by molar-refractivity contribution is 9.10. The van der Waals surface area contributed by atoms with E-state index in [1.165, 1.54) is 0 Å². The van der Waals surface area contributed by atoms with E-state index in [9.17, 15) is 9.59 Å². The van der Waals surface area contributed by atoms with Gasteiger partial charge in [0.2, 0.25) is 5.95 Å². The lowest BCUT2D eigenvalue weighted by Gasteiger charge is -2.32. The maximum Gasteiger partial charge on any atom is 0.313 e. The van der Waals surface area contributed by atoms with Crippen molar-refractivity contribution in [2.75, 3.05) is 23.3 Å². The lowest BCUT2D eigenvalue weighted by atomic mass is 10.1. The Labute approximate surface area is 154 Å². The number of anilines is 2. The van der Waals surface area contributed by atoms with Crippen LogP contribution in [0.4, 0.5) is 11.6 Å². The van der Waals surface area contributed by atoms with Gasteiger partial charge in [-0.05, 0) is 37.1 Å². The SMILES string of the molecule is O=C(Nc1cccc(Br)c1)C(=O)NC1CCN(c2ncccn2)CC1. The molecule has 1 aliphatic rings. The molecule has 0 aliphatic carbocycles. The summed E-state index contributed by atoms with van der Waals surface area (Å²) in [6.45, 7) is 1.48. The molecule has 8 heteroatoms. The standard InChI is InChI=1S/C17H18BrN5O2/c18-12-3-1-4-14(11-12)22-16(25)15(24)21-13-5-9-23(10-6-13)17-19-7-2-8-20-17/h1-4,7-8,11,13H,5-6,9-10H2,(H,21,24)(H,22,25). The van der Waals surface area contributed by atoms with Crippen LogP contribution in [0.1, 0.15) is 12.8 Å². The van der Waals surface area contributed by atoms with E-state index in [1.54, 1.807) is 36.7 Å². The Morgan fingerprint density at radius 3 is 2.48 bits per heavy atom. The number of carbonyl (C=O) groups is 2. The number of nitrogens with one attached hydrogen (secondary N) is 2. The fourth-order valence-electron chi connectivity index (χ4n) is 2.68. The van der Waals surface area contributed by atoms with Gasteiger partial charge in [0.1, 0.15) is 0 Å². The van der Waals surface area contributed by atoms with Crippen LogP contribution in [-0.4, -0.2) is 40.9 Å². The van der Waals surface area contributed by atoms with Crippen molar-refractivity contribution < 1.29 is 9.59 Å². The zero-order chi connectivity index (χ0) is 17.6. The summed E-state index contributed by atoms with van der Waals surface area (Å²) in [7, 11) is 0. The number of rotatable bonds is 3. The molecule has 0 unspecified atom stereocenters. The van der Waals surface area contributed by atoms with E-state index >= 15 is 0 Å². The number of hydrogen-bond donors (Lipinski definition) is 2. The van der Waals surface area contributed by atoms with Crippen LogP contribution in [0.2, 0.25) is 0 Å². The molecule has 1 aromatic heterocycles. The van der Waals surface area contributed by atoms with Gasteiger partial charge < -0.3 is 15.5 Å². The molecule has 25 heavy (non-hydrogen) atoms. The monoisotopic (exact) mass is 403 g/mol. The summed E-state index contributed by atoms with van der Waals surface area (Å²) in [6.07, 6.45) is 4.91. The van der Waals surface area contributed by atoms with E-state index in [-0.39, 0.29) is 6.04 Å². The topological polar surface area (TPSA) is 87.2 Å². The molecule has 2 N–H and O–H groups in total. The van der Waals surface area contributed by atoms with Crippen LogP contribution >= 0.6 is 15.9 Å². The Balaban J connectivity index is 1.48. The average molecular weight is 404 g/mol. The van der Waals surface area contributed by atoms with Gasteiger partial charge in [0.15, 0.2) is 0 Å². The van der Waals surface area contributed by atoms with E-state index in [1.807, 2.05) is 6.07 Å². The second-order valence-corrected chi connectivity index (χ2v) is 6.66. The normalized spacial score (nSPS) is 14.8. The highest BCUT2D eigenvalue weighted by atomic mass is 79.9. The molecule has 0 atom stereocenters. The number of carbonyl (C=O) groups excluding carboxylic acids is 2. The van der Waals surface area contributed by atoms with Crippen LogP contribution < -0.4 is 15.5 Å². The zero-order valence-electron chi connectivity index (χ0n) is 13.5. The molecule has 2 amide bonds. The lowest BCUT2D eigenvalue weighted by molar-refractivity contribution is -0.136. The lowest BCUT2D eigenvalue weighted by Crippen LogP contribution is -2.48. The Morgan fingerprint density at radius 1 is 1.08 bits per heavy atom. The molecule has 0 spiro atoms. The van der Waals surface area contributed by atoms with Crippen molar-refractivity contribution in [3.63, 3.8) is 0 Å². The summed E-state index contributed by atoms with van der Waals surface area (Å²) in [6, 6.07) is 8.86. The Kier molecular flexibility index (Phi) is 5.60. The van der Waals surface area contributed by atoms with Crippen LogP contribution in [-0.2, 0) is 9.59 Å². The van der Waals surface area contributed by atoms with Crippen molar-refractivity contribution in [2.24, 2.45) is 0 Å². The van der Waals surface area contributed by atoms with E-state index in [2.05, 4.69) is 41.4 Å². The zero-order valence-corrected chi connectivity index (χ0v) is 15.1. The molecular formula is C17H18BrN5O2. The number of amides is 2. The molecule has 3 rings (SSSR count). The average Bonchev–Trinajstić information content (AvgIpc) is 2.63. The smallest absolute Gasteiger partial charge is 0.313 e. The molecule has 0 saturated carbocycles. The third-order valence-electron chi connectivity index (χ3n) is 3.95. The second kappa shape index (κ2) is 8.06. The maximum atomic E-state index is 12.1. The fraction of sp³-hybridized carbons (Fsp3) is 0.294. The minimum Gasteiger partial charge on any atom is -0.345 e. The van der Waals surface area contributed by atoms with Crippen LogP contribution in [0, 0.1) is 0 Å². The van der Waals surface area contributed by atoms with Crippen LogP contribution in [0.3, 0.4) is 0 Å². The summed E-state index contributed by atoms with van der Waals surface area (Å²) in [4.78, 5) is 34.6. The first-order valence-electron chi connectivity index (χ1n) is 8.01. The third-order valence-corrected chi connectivity index (χ3v) is 4.45. The van der Waals surface area contributed by atoms with Crippen LogP contribution in [0.5, 0.6) is 0 Å². The predicted octanol–water partition coefficient (Wildman–Crippen LogP) is 1.96. The molecule has 1 fully saturated rings. The summed E-state index contributed by atoms with van der Waals surface area (Å²) in [5.41, 5.74) is 0.575. The van der Waals surface area contributed by atoms with Crippen molar-refractivity contribution in [1.82, 2.24) is 15.3 Å². The molecule has 7 nitrogen and oxygen atoms in total. The first-order valence-corrected chi connectivity index (χ1v) is 8.80. The minimum absolute atomic E-state index is 0.0271. The van der Waals surface area contributed by atoms with Crippen molar-refractivity contribution >= 4 is 39.4 Å². The number of nitrogens with zero attached hydrogens (tertiary/aromatic N) is 3. The van der Waals surface area contributed by atoms with Gasteiger partial charge >= 0.3 is 11.8 Å². The molecule has 1 saturated heterocycles. The van der Waals surface area contributed by atoms with Gasteiger partial charge in [-0.25, -0.2) is 9.97 Å². The van der Waals surface area contributed by atoms with E-state index < -0.39 is 11.8 Å². The molecule has 2 heterocycles. The Bertz CT molecular complexity index is 748. The quantitative estimate of drug-likeness (QED) is 0.764. The van der Waals surface area contributed by atoms with Gasteiger partial charge in [-0.1, -0.05) is 22.0 Å². The van der Waals surface area contributed by atoms with E-state index in [0.29, 0.717) is 11.6 Å². The van der Waals surface area contributed by atoms with Crippen molar-refractivity contribution in [1.29, 1.82) is 0 Å². The highest BCUT2D eigenvalue weighted by Gasteiger charge is 2.24. The molecule has 1 aromatic carbocycles. The van der Waals surface area contributed by atoms with Gasteiger partial charge in [-0.2, -0.15) is 0 Å². The molecule has 0 radical (unpaired) electrons. The Hall–Kier alpha value is -2.48. The van der Waals surface area contributed by atoms with Gasteiger partial charge in [-0.15, -0.1) is 0 Å². The summed E-state index contributed by atoms with van der Waals surface area (Å²) in [5, 5.41) is 5.39. The number of halogens is 1. The molecule has 2 aromatic rings. The number of aromatic nitrogens is 2. The first kappa shape index (κ1) is 17.3. The van der Waals surface area contributed by atoms with Gasteiger partial charge in [0, 0.05) is 41.7 Å². The van der Waals surface area contributed by atoms with Crippen molar-refractivity contribution in [2.45, 2.75) is 18.9 Å². The van der Waals surface area contributed by atoms with Gasteiger partial charge in [0.25, 0.3) is 0 Å². The largest absolute Gasteiger partial charge is 0.345 e. The third kappa shape index (κ3) is 4.76. The first-order chi connectivity index (χ1) is 12.1. The second-order valence-electron chi connectivity index (χ2n) is 5.75.